The summed E-state index contributed by atoms with van der Waals surface area (Å²) >= 11 is 0. The lowest BCUT2D eigenvalue weighted by molar-refractivity contribution is -0.126. The maximum Gasteiger partial charge on any atom is 0.227 e. The van der Waals surface area contributed by atoms with Gasteiger partial charge >= 0.3 is 0 Å². The third-order valence-electron chi connectivity index (χ3n) is 4.67. The zero-order valence-corrected chi connectivity index (χ0v) is 14.7. The van der Waals surface area contributed by atoms with Gasteiger partial charge in [0.05, 0.1) is 5.92 Å². The smallest absolute Gasteiger partial charge is 0.227 e. The van der Waals surface area contributed by atoms with E-state index in [9.17, 15) is 14.0 Å². The number of hydrogen-bond donors (Lipinski definition) is 1. The highest BCUT2D eigenvalue weighted by atomic mass is 19.1. The minimum absolute atomic E-state index is 0.100. The van der Waals surface area contributed by atoms with Gasteiger partial charge in [0.15, 0.2) is 11.5 Å². The average molecular weight is 367 g/mol. The Morgan fingerprint density at radius 1 is 1.30 bits per heavy atom. The number of halogens is 1. The molecule has 2 amide bonds. The number of carbonyl (C=O) groups excluding carboxylic acids is 2. The van der Waals surface area contributed by atoms with Crippen molar-refractivity contribution in [3.05, 3.63) is 59.7 Å². The summed E-state index contributed by atoms with van der Waals surface area (Å²) in [5, 5.41) is 2.82. The Kier molecular flexibility index (Phi) is 4.35. The van der Waals surface area contributed by atoms with Gasteiger partial charge in [0.25, 0.3) is 0 Å². The first kappa shape index (κ1) is 17.2. The van der Waals surface area contributed by atoms with Gasteiger partial charge in [-0.2, -0.15) is 0 Å². The van der Waals surface area contributed by atoms with E-state index in [1.165, 1.54) is 12.1 Å². The van der Waals surface area contributed by atoms with Crippen molar-refractivity contribution < 1.29 is 18.4 Å². The topological polar surface area (TPSA) is 75.4 Å². The largest absolute Gasteiger partial charge is 0.441 e. The number of benzene rings is 2. The van der Waals surface area contributed by atoms with Gasteiger partial charge < -0.3 is 14.6 Å². The SMILES string of the molecule is Cc1nc2cc(N3CC(C(=O)NCc4ccc(F)cc4)CC3=O)ccc2o1. The highest BCUT2D eigenvalue weighted by Gasteiger charge is 2.35. The minimum Gasteiger partial charge on any atom is -0.441 e. The van der Waals surface area contributed by atoms with E-state index in [0.717, 1.165) is 5.56 Å². The lowest BCUT2D eigenvalue weighted by Gasteiger charge is -2.16. The van der Waals surface area contributed by atoms with E-state index < -0.39 is 5.92 Å². The number of carbonyl (C=O) groups is 2. The molecule has 1 aromatic heterocycles. The molecule has 0 radical (unpaired) electrons. The van der Waals surface area contributed by atoms with Crippen LogP contribution in [0, 0.1) is 18.7 Å². The van der Waals surface area contributed by atoms with Crippen molar-refractivity contribution in [3.8, 4) is 0 Å². The van der Waals surface area contributed by atoms with Crippen LogP contribution in [0.25, 0.3) is 11.1 Å². The summed E-state index contributed by atoms with van der Waals surface area (Å²) in [6, 6.07) is 11.3. The zero-order chi connectivity index (χ0) is 19.0. The molecule has 1 unspecified atom stereocenters. The second-order valence-corrected chi connectivity index (χ2v) is 6.63. The van der Waals surface area contributed by atoms with E-state index in [0.29, 0.717) is 35.8 Å². The van der Waals surface area contributed by atoms with E-state index in [-0.39, 0.29) is 24.1 Å². The maximum atomic E-state index is 12.9. The minimum atomic E-state index is -0.423. The molecule has 2 aromatic carbocycles. The molecule has 1 aliphatic heterocycles. The van der Waals surface area contributed by atoms with Crippen LogP contribution in [0.2, 0.25) is 0 Å². The molecule has 1 fully saturated rings. The summed E-state index contributed by atoms with van der Waals surface area (Å²) < 4.78 is 18.4. The molecular weight excluding hydrogens is 349 g/mol. The van der Waals surface area contributed by atoms with Crippen LogP contribution in [0.1, 0.15) is 17.9 Å². The number of fused-ring (bicyclic) bond motifs is 1. The summed E-state index contributed by atoms with van der Waals surface area (Å²) in [6.07, 6.45) is 0.158. The number of oxazole rings is 1. The molecule has 1 saturated heterocycles. The van der Waals surface area contributed by atoms with Crippen molar-refractivity contribution in [1.29, 1.82) is 0 Å². The standard InChI is InChI=1S/C20H18FN3O3/c1-12-23-17-9-16(6-7-18(17)27-12)24-11-14(8-19(24)25)20(26)22-10-13-2-4-15(21)5-3-13/h2-7,9,14H,8,10-11H2,1H3,(H,22,26). The Morgan fingerprint density at radius 2 is 2.07 bits per heavy atom. The van der Waals surface area contributed by atoms with E-state index in [1.54, 1.807) is 42.2 Å². The third kappa shape index (κ3) is 3.53. The first-order chi connectivity index (χ1) is 13.0. The average Bonchev–Trinajstić information content (AvgIpc) is 3.22. The molecule has 2 heterocycles. The fourth-order valence-corrected chi connectivity index (χ4v) is 3.27. The van der Waals surface area contributed by atoms with Gasteiger partial charge in [-0.15, -0.1) is 0 Å². The first-order valence-electron chi connectivity index (χ1n) is 8.69. The molecule has 0 aliphatic carbocycles. The Hall–Kier alpha value is -3.22. The lowest BCUT2D eigenvalue weighted by atomic mass is 10.1. The van der Waals surface area contributed by atoms with Gasteiger partial charge in [0, 0.05) is 32.1 Å². The number of amides is 2. The van der Waals surface area contributed by atoms with Crippen LogP contribution in [0.4, 0.5) is 10.1 Å². The highest BCUT2D eigenvalue weighted by Crippen LogP contribution is 2.28. The highest BCUT2D eigenvalue weighted by molar-refractivity contribution is 6.01. The molecule has 1 atom stereocenters. The van der Waals surface area contributed by atoms with Gasteiger partial charge in [-0.05, 0) is 35.9 Å². The number of anilines is 1. The summed E-state index contributed by atoms with van der Waals surface area (Å²) in [6.45, 7) is 2.38. The molecule has 0 saturated carbocycles. The van der Waals surface area contributed by atoms with Crippen LogP contribution >= 0.6 is 0 Å². The molecule has 1 N–H and O–H groups in total. The molecule has 7 heteroatoms. The van der Waals surface area contributed by atoms with Crippen molar-refractivity contribution >= 4 is 28.6 Å². The van der Waals surface area contributed by atoms with Crippen molar-refractivity contribution in [2.24, 2.45) is 5.92 Å². The number of aryl methyl sites for hydroxylation is 1. The van der Waals surface area contributed by atoms with E-state index in [2.05, 4.69) is 10.3 Å². The molecule has 0 bridgehead atoms. The maximum absolute atomic E-state index is 12.9. The van der Waals surface area contributed by atoms with Crippen molar-refractivity contribution in [3.63, 3.8) is 0 Å². The number of hydrogen-bond acceptors (Lipinski definition) is 4. The van der Waals surface area contributed by atoms with Crippen LogP contribution in [0.5, 0.6) is 0 Å². The summed E-state index contributed by atoms with van der Waals surface area (Å²) in [4.78, 5) is 30.7. The monoisotopic (exact) mass is 367 g/mol. The van der Waals surface area contributed by atoms with Crippen molar-refractivity contribution in [2.45, 2.75) is 19.9 Å². The van der Waals surface area contributed by atoms with E-state index in [1.807, 2.05) is 0 Å². The Balaban J connectivity index is 1.42. The Bertz CT molecular complexity index is 1010. The van der Waals surface area contributed by atoms with Gasteiger partial charge in [0.2, 0.25) is 11.8 Å². The van der Waals surface area contributed by atoms with E-state index >= 15 is 0 Å². The molecule has 4 rings (SSSR count). The fraction of sp³-hybridized carbons (Fsp3) is 0.250. The van der Waals surface area contributed by atoms with E-state index in [4.69, 9.17) is 4.42 Å². The van der Waals surface area contributed by atoms with Gasteiger partial charge in [-0.1, -0.05) is 12.1 Å². The predicted molar refractivity (Wildman–Crippen MR) is 97.5 cm³/mol. The molecule has 138 valence electrons. The van der Waals surface area contributed by atoms with Crippen LogP contribution < -0.4 is 10.2 Å². The summed E-state index contributed by atoms with van der Waals surface area (Å²) in [5.41, 5.74) is 2.85. The van der Waals surface area contributed by atoms with Gasteiger partial charge in [-0.25, -0.2) is 9.37 Å². The van der Waals surface area contributed by atoms with Crippen LogP contribution in [-0.4, -0.2) is 23.3 Å². The molecule has 27 heavy (non-hydrogen) atoms. The number of nitrogens with zero attached hydrogens (tertiary/aromatic N) is 2. The molecule has 0 spiro atoms. The van der Waals surface area contributed by atoms with Gasteiger partial charge in [0.1, 0.15) is 11.3 Å². The fourth-order valence-electron chi connectivity index (χ4n) is 3.27. The third-order valence-corrected chi connectivity index (χ3v) is 4.67. The number of aromatic nitrogens is 1. The lowest BCUT2D eigenvalue weighted by Crippen LogP contribution is -2.32. The molecule has 3 aromatic rings. The van der Waals surface area contributed by atoms with Crippen molar-refractivity contribution in [2.75, 3.05) is 11.4 Å². The molecular formula is C20H18FN3O3. The quantitative estimate of drug-likeness (QED) is 0.769. The predicted octanol–water partition coefficient (Wildman–Crippen LogP) is 2.94. The first-order valence-corrected chi connectivity index (χ1v) is 8.69. The Labute approximate surface area is 155 Å². The number of rotatable bonds is 4. The molecule has 1 aliphatic rings. The van der Waals surface area contributed by atoms with Crippen LogP contribution in [0.3, 0.4) is 0 Å². The second kappa shape index (κ2) is 6.83. The van der Waals surface area contributed by atoms with Crippen LogP contribution in [-0.2, 0) is 16.1 Å². The number of nitrogens with one attached hydrogen (secondary N) is 1. The Morgan fingerprint density at radius 3 is 2.85 bits per heavy atom. The second-order valence-electron chi connectivity index (χ2n) is 6.63. The zero-order valence-electron chi connectivity index (χ0n) is 14.7. The summed E-state index contributed by atoms with van der Waals surface area (Å²) in [7, 11) is 0. The molecule has 6 nitrogen and oxygen atoms in total. The van der Waals surface area contributed by atoms with Gasteiger partial charge in [-0.3, -0.25) is 9.59 Å². The van der Waals surface area contributed by atoms with Crippen molar-refractivity contribution in [1.82, 2.24) is 10.3 Å². The van der Waals surface area contributed by atoms with Crippen LogP contribution in [0.15, 0.2) is 46.9 Å². The summed E-state index contributed by atoms with van der Waals surface area (Å²) in [5.74, 6) is -0.466. The normalized spacial score (nSPS) is 16.9.